The minimum absolute atomic E-state index is 0. The summed E-state index contributed by atoms with van der Waals surface area (Å²) in [7, 11) is -9.86. The SMILES string of the molecule is O=C(CCCCCCCNC(=O)c1ccc(S(=O)(=O)F)cc1)ON1C(=O)CC(S(=O)(=O)[O-])C1=O.[Na+]. The predicted molar refractivity (Wildman–Crippen MR) is 111 cm³/mol. The van der Waals surface area contributed by atoms with Crippen LogP contribution in [0.1, 0.15) is 55.3 Å². The van der Waals surface area contributed by atoms with Gasteiger partial charge in [-0.2, -0.15) is 8.42 Å². The molecular weight excluding hydrogens is 522 g/mol. The summed E-state index contributed by atoms with van der Waals surface area (Å²) in [4.78, 5) is 51.1. The quantitative estimate of drug-likeness (QED) is 0.0974. The molecule has 16 heteroatoms. The van der Waals surface area contributed by atoms with Crippen LogP contribution in [0.5, 0.6) is 0 Å². The number of halogens is 1. The second kappa shape index (κ2) is 13.4. The van der Waals surface area contributed by atoms with E-state index in [1.807, 2.05) is 0 Å². The first-order chi connectivity index (χ1) is 15.8. The third kappa shape index (κ3) is 9.57. The van der Waals surface area contributed by atoms with Crippen LogP contribution in [0.4, 0.5) is 3.89 Å². The van der Waals surface area contributed by atoms with Gasteiger partial charge in [0.05, 0.1) is 11.3 Å². The molecule has 12 nitrogen and oxygen atoms in total. The molecular formula is C19H22FN2NaO10S2. The monoisotopic (exact) mass is 544 g/mol. The van der Waals surface area contributed by atoms with E-state index in [2.05, 4.69) is 10.2 Å². The molecule has 0 radical (unpaired) electrons. The van der Waals surface area contributed by atoms with E-state index in [1.165, 1.54) is 12.1 Å². The van der Waals surface area contributed by atoms with Crippen LogP contribution in [0.3, 0.4) is 0 Å². The second-order valence-corrected chi connectivity index (χ2v) is 10.3. The van der Waals surface area contributed by atoms with Crippen molar-refractivity contribution in [2.24, 2.45) is 0 Å². The van der Waals surface area contributed by atoms with Crippen LogP contribution in [0.15, 0.2) is 29.2 Å². The van der Waals surface area contributed by atoms with Gasteiger partial charge in [-0.1, -0.05) is 19.3 Å². The fourth-order valence-electron chi connectivity index (χ4n) is 3.05. The minimum Gasteiger partial charge on any atom is -0.747 e. The van der Waals surface area contributed by atoms with Gasteiger partial charge in [-0.3, -0.25) is 14.4 Å². The van der Waals surface area contributed by atoms with Crippen molar-refractivity contribution in [1.82, 2.24) is 10.4 Å². The first-order valence-electron chi connectivity index (χ1n) is 10.2. The zero-order chi connectivity index (χ0) is 25.5. The van der Waals surface area contributed by atoms with Gasteiger partial charge in [-0.05, 0) is 37.1 Å². The van der Waals surface area contributed by atoms with E-state index in [-0.39, 0.29) is 46.6 Å². The molecule has 0 bridgehead atoms. The summed E-state index contributed by atoms with van der Waals surface area (Å²) in [5.41, 5.74) is 0.181. The molecule has 0 aliphatic carbocycles. The van der Waals surface area contributed by atoms with Gasteiger partial charge in [-0.15, -0.1) is 8.95 Å². The number of rotatable bonds is 12. The van der Waals surface area contributed by atoms with Crippen LogP contribution in [0.2, 0.25) is 0 Å². The number of carbonyl (C=O) groups excluding carboxylic acids is 4. The molecule has 1 aliphatic heterocycles. The zero-order valence-electron chi connectivity index (χ0n) is 18.8. The topological polar surface area (TPSA) is 184 Å². The van der Waals surface area contributed by atoms with Crippen LogP contribution in [-0.4, -0.2) is 61.9 Å². The van der Waals surface area contributed by atoms with Crippen molar-refractivity contribution in [2.45, 2.75) is 55.1 Å². The van der Waals surface area contributed by atoms with E-state index in [1.54, 1.807) is 0 Å². The Kier molecular flexibility index (Phi) is 11.9. The maximum Gasteiger partial charge on any atom is 1.00 e. The molecule has 3 amide bonds. The number of hydroxylamine groups is 2. The molecule has 1 heterocycles. The van der Waals surface area contributed by atoms with Gasteiger partial charge >= 0.3 is 45.7 Å². The van der Waals surface area contributed by atoms with E-state index in [0.29, 0.717) is 38.6 Å². The maximum absolute atomic E-state index is 12.8. The number of carbonyl (C=O) groups is 4. The Morgan fingerprint density at radius 1 is 1.03 bits per heavy atom. The van der Waals surface area contributed by atoms with Gasteiger partial charge in [0.25, 0.3) is 17.7 Å². The molecule has 35 heavy (non-hydrogen) atoms. The smallest absolute Gasteiger partial charge is 0.747 e. The molecule has 188 valence electrons. The first-order valence-corrected chi connectivity index (χ1v) is 13.0. The van der Waals surface area contributed by atoms with Gasteiger partial charge in [0.15, 0.2) is 0 Å². The zero-order valence-corrected chi connectivity index (χ0v) is 22.4. The van der Waals surface area contributed by atoms with Crippen LogP contribution in [0.25, 0.3) is 0 Å². The Labute approximate surface area is 223 Å². The number of hydrogen-bond donors (Lipinski definition) is 1. The molecule has 1 aromatic carbocycles. The van der Waals surface area contributed by atoms with Gasteiger partial charge in [0.1, 0.15) is 15.4 Å². The third-order valence-corrected chi connectivity index (χ3v) is 6.75. The Hall–Kier alpha value is -1.91. The van der Waals surface area contributed by atoms with Gasteiger partial charge < -0.3 is 14.7 Å². The molecule has 2 rings (SSSR count). The van der Waals surface area contributed by atoms with Crippen molar-refractivity contribution in [3.63, 3.8) is 0 Å². The van der Waals surface area contributed by atoms with Crippen LogP contribution in [0, 0.1) is 0 Å². The fraction of sp³-hybridized carbons (Fsp3) is 0.474. The predicted octanol–water partition coefficient (Wildman–Crippen LogP) is -2.45. The van der Waals surface area contributed by atoms with Gasteiger partial charge in [-0.25, -0.2) is 13.2 Å². The molecule has 1 N–H and O–H groups in total. The molecule has 1 aliphatic rings. The van der Waals surface area contributed by atoms with Crippen LogP contribution >= 0.6 is 0 Å². The van der Waals surface area contributed by atoms with E-state index in [9.17, 15) is 44.5 Å². The van der Waals surface area contributed by atoms with Gasteiger partial charge in [0, 0.05) is 18.5 Å². The Balaban J connectivity index is 0.00000612. The molecule has 1 atom stereocenters. The number of amides is 3. The molecule has 1 fully saturated rings. The largest absolute Gasteiger partial charge is 1.00 e. The molecule has 1 saturated heterocycles. The van der Waals surface area contributed by atoms with E-state index >= 15 is 0 Å². The van der Waals surface area contributed by atoms with Crippen LogP contribution < -0.4 is 34.9 Å². The van der Waals surface area contributed by atoms with Crippen LogP contribution in [-0.2, 0) is 39.6 Å². The number of hydrogen-bond acceptors (Lipinski definition) is 10. The summed E-state index contributed by atoms with van der Waals surface area (Å²) in [6.07, 6.45) is 2.00. The summed E-state index contributed by atoms with van der Waals surface area (Å²) >= 11 is 0. The Morgan fingerprint density at radius 2 is 1.60 bits per heavy atom. The van der Waals surface area contributed by atoms with Crippen molar-refractivity contribution in [3.8, 4) is 0 Å². The summed E-state index contributed by atoms with van der Waals surface area (Å²) in [5.74, 6) is -3.81. The second-order valence-electron chi connectivity index (χ2n) is 7.41. The number of nitrogens with zero attached hydrogens (tertiary/aromatic N) is 1. The van der Waals surface area contributed by atoms with E-state index < -0.39 is 60.6 Å². The molecule has 1 unspecified atom stereocenters. The minimum atomic E-state index is -5.03. The Morgan fingerprint density at radius 3 is 2.14 bits per heavy atom. The number of unbranched alkanes of at least 4 members (excludes halogenated alkanes) is 4. The first kappa shape index (κ1) is 31.1. The number of imide groups is 1. The Bertz CT molecular complexity index is 1160. The van der Waals surface area contributed by atoms with Gasteiger partial charge in [0.2, 0.25) is 0 Å². The maximum atomic E-state index is 12.8. The van der Waals surface area contributed by atoms with Crippen molar-refractivity contribution in [1.29, 1.82) is 0 Å². The number of benzene rings is 1. The molecule has 1 aromatic rings. The van der Waals surface area contributed by atoms with Crippen molar-refractivity contribution in [3.05, 3.63) is 29.8 Å². The third-order valence-electron chi connectivity index (χ3n) is 4.84. The van der Waals surface area contributed by atoms with Crippen molar-refractivity contribution in [2.75, 3.05) is 6.54 Å². The summed E-state index contributed by atoms with van der Waals surface area (Å²) in [6.45, 7) is 0.340. The average Bonchev–Trinajstić information content (AvgIpc) is 3.03. The van der Waals surface area contributed by atoms with E-state index in [0.717, 1.165) is 12.1 Å². The summed E-state index contributed by atoms with van der Waals surface area (Å²) < 4.78 is 67.2. The summed E-state index contributed by atoms with van der Waals surface area (Å²) in [6, 6.07) is 4.39. The average molecular weight is 545 g/mol. The molecule has 0 aromatic heterocycles. The standard InChI is InChI=1S/C19H23FN2O10S2.Na/c20-33(27,28)14-9-7-13(8-10-14)18(25)21-11-5-3-1-2-4-6-17(24)32-22-16(23)12-15(19(22)26)34(29,30)31;/h7-10,15H,1-6,11-12H2,(H,21,25)(H,29,30,31);/q;+1/p-1. The number of nitrogens with one attached hydrogen (secondary N) is 1. The molecule has 0 spiro atoms. The normalized spacial score (nSPS) is 16.1. The molecule has 0 saturated carbocycles. The summed E-state index contributed by atoms with van der Waals surface area (Å²) in [5, 5.41) is 0.577. The van der Waals surface area contributed by atoms with Crippen molar-refractivity contribution >= 4 is 44.0 Å². The fourth-order valence-corrected chi connectivity index (χ4v) is 4.20. The van der Waals surface area contributed by atoms with E-state index in [4.69, 9.17) is 0 Å². The van der Waals surface area contributed by atoms with Crippen molar-refractivity contribution < 1.29 is 78.8 Å².